The Hall–Kier alpha value is -1.81. The lowest BCUT2D eigenvalue weighted by molar-refractivity contribution is 0.308. The van der Waals surface area contributed by atoms with Gasteiger partial charge >= 0.3 is 0 Å². The first-order valence-electron chi connectivity index (χ1n) is 12.7. The fourth-order valence-corrected chi connectivity index (χ4v) is 4.81. The van der Waals surface area contributed by atoms with Crippen molar-refractivity contribution < 1.29 is 0 Å². The predicted molar refractivity (Wildman–Crippen MR) is 160 cm³/mol. The fourth-order valence-electron chi connectivity index (χ4n) is 4.08. The first-order chi connectivity index (χ1) is 17.0. The number of anilines is 1. The summed E-state index contributed by atoms with van der Waals surface area (Å²) >= 11 is 17.9. The van der Waals surface area contributed by atoms with Gasteiger partial charge in [-0.2, -0.15) is 0 Å². The molecule has 36 heavy (non-hydrogen) atoms. The Balaban J connectivity index is 0.000000198. The van der Waals surface area contributed by atoms with Crippen molar-refractivity contribution in [2.24, 2.45) is 11.8 Å². The van der Waals surface area contributed by atoms with E-state index in [0.717, 1.165) is 58.4 Å². The molecule has 3 nitrogen and oxygen atoms in total. The van der Waals surface area contributed by atoms with Gasteiger partial charge in [0.15, 0.2) is 0 Å². The maximum Gasteiger partial charge on any atom is 0.139 e. The van der Waals surface area contributed by atoms with Crippen LogP contribution in [0.25, 0.3) is 10.9 Å². The Labute approximate surface area is 232 Å². The summed E-state index contributed by atoms with van der Waals surface area (Å²) in [7, 11) is 3.99. The molecule has 3 aromatic rings. The second-order valence-corrected chi connectivity index (χ2v) is 11.3. The van der Waals surface area contributed by atoms with Crippen LogP contribution in [0.1, 0.15) is 64.3 Å². The minimum absolute atomic E-state index is 0.549. The Morgan fingerprint density at radius 1 is 0.917 bits per heavy atom. The number of fused-ring (bicyclic) bond motifs is 1. The van der Waals surface area contributed by atoms with Crippen LogP contribution >= 0.6 is 34.8 Å². The molecular formula is C30H40Cl3N3. The normalized spacial score (nSPS) is 16.9. The van der Waals surface area contributed by atoms with Crippen molar-refractivity contribution >= 4 is 51.5 Å². The Kier molecular flexibility index (Phi) is 12.5. The summed E-state index contributed by atoms with van der Waals surface area (Å²) in [5.74, 6) is 3.83. The molecule has 0 atom stereocenters. The van der Waals surface area contributed by atoms with Crippen LogP contribution < -0.4 is 4.90 Å². The summed E-state index contributed by atoms with van der Waals surface area (Å²) in [6, 6.07) is 11.5. The van der Waals surface area contributed by atoms with E-state index in [2.05, 4.69) is 30.4 Å². The number of aromatic nitrogens is 2. The summed E-state index contributed by atoms with van der Waals surface area (Å²) < 4.78 is 0. The lowest BCUT2D eigenvalue weighted by Crippen LogP contribution is -2.12. The monoisotopic (exact) mass is 547 g/mol. The zero-order chi connectivity index (χ0) is 26.8. The average molecular weight is 549 g/mol. The molecule has 0 radical (unpaired) electrons. The number of hydrogen-bond acceptors (Lipinski definition) is 3. The van der Waals surface area contributed by atoms with Crippen LogP contribution in [-0.2, 0) is 6.42 Å². The molecule has 1 aromatic heterocycles. The number of nitrogens with zero attached hydrogens (tertiary/aromatic N) is 3. The van der Waals surface area contributed by atoms with E-state index in [1.807, 2.05) is 57.1 Å². The van der Waals surface area contributed by atoms with E-state index in [1.54, 1.807) is 12.1 Å². The average Bonchev–Trinajstić information content (AvgIpc) is 2.83. The van der Waals surface area contributed by atoms with E-state index in [0.29, 0.717) is 15.1 Å². The minimum Gasteiger partial charge on any atom is -0.362 e. The zero-order valence-corrected chi connectivity index (χ0v) is 24.8. The van der Waals surface area contributed by atoms with E-state index < -0.39 is 0 Å². The zero-order valence-electron chi connectivity index (χ0n) is 22.5. The second kappa shape index (κ2) is 14.8. The van der Waals surface area contributed by atoms with Gasteiger partial charge in [0.05, 0.1) is 15.6 Å². The molecule has 0 aliphatic heterocycles. The molecule has 1 fully saturated rings. The van der Waals surface area contributed by atoms with Crippen LogP contribution in [0.15, 0.2) is 48.6 Å². The van der Waals surface area contributed by atoms with Gasteiger partial charge in [-0.1, -0.05) is 92.0 Å². The number of benzene rings is 2. The van der Waals surface area contributed by atoms with Gasteiger partial charge in [-0.05, 0) is 68.4 Å². The van der Waals surface area contributed by atoms with Gasteiger partial charge in [0.1, 0.15) is 11.6 Å². The quantitative estimate of drug-likeness (QED) is 0.240. The van der Waals surface area contributed by atoms with E-state index in [9.17, 15) is 0 Å². The van der Waals surface area contributed by atoms with Gasteiger partial charge < -0.3 is 4.90 Å². The smallest absolute Gasteiger partial charge is 0.139 e. The first-order valence-corrected chi connectivity index (χ1v) is 13.8. The fraction of sp³-hybridized carbons (Fsp3) is 0.467. The molecule has 2 aromatic carbocycles. The third-order valence-electron chi connectivity index (χ3n) is 6.36. The molecule has 0 unspecified atom stereocenters. The van der Waals surface area contributed by atoms with Crippen LogP contribution in [0.2, 0.25) is 15.1 Å². The Morgan fingerprint density at radius 2 is 1.47 bits per heavy atom. The van der Waals surface area contributed by atoms with Crippen molar-refractivity contribution in [2.45, 2.75) is 66.2 Å². The van der Waals surface area contributed by atoms with E-state index in [1.165, 1.54) is 25.7 Å². The van der Waals surface area contributed by atoms with E-state index in [-0.39, 0.29) is 0 Å². The summed E-state index contributed by atoms with van der Waals surface area (Å²) in [6.45, 7) is 12.5. The summed E-state index contributed by atoms with van der Waals surface area (Å²) in [6.07, 6.45) is 7.55. The topological polar surface area (TPSA) is 29.0 Å². The predicted octanol–water partition coefficient (Wildman–Crippen LogP) is 9.99. The highest BCUT2D eigenvalue weighted by Crippen LogP contribution is 2.32. The second-order valence-electron chi connectivity index (χ2n) is 10.1. The van der Waals surface area contributed by atoms with Crippen molar-refractivity contribution in [3.63, 3.8) is 0 Å². The molecule has 0 spiro atoms. The third kappa shape index (κ3) is 9.57. The summed E-state index contributed by atoms with van der Waals surface area (Å²) in [5, 5.41) is 2.87. The summed E-state index contributed by atoms with van der Waals surface area (Å²) in [5.41, 5.74) is 3.02. The lowest BCUT2D eigenvalue weighted by Gasteiger charge is -2.22. The Bertz CT molecular complexity index is 1130. The highest BCUT2D eigenvalue weighted by atomic mass is 35.5. The van der Waals surface area contributed by atoms with Crippen molar-refractivity contribution in [2.75, 3.05) is 19.0 Å². The van der Waals surface area contributed by atoms with Gasteiger partial charge in [-0.25, -0.2) is 9.97 Å². The van der Waals surface area contributed by atoms with E-state index >= 15 is 0 Å². The number of allylic oxidation sites excluding steroid dienone is 1. The minimum atomic E-state index is 0.549. The number of aryl methyl sites for hydroxylation is 1. The van der Waals surface area contributed by atoms with Crippen molar-refractivity contribution in [3.8, 4) is 0 Å². The van der Waals surface area contributed by atoms with Crippen LogP contribution in [0.3, 0.4) is 0 Å². The lowest BCUT2D eigenvalue weighted by atomic mass is 9.84. The molecule has 196 valence electrons. The first kappa shape index (κ1) is 30.4. The van der Waals surface area contributed by atoms with Crippen LogP contribution in [0.4, 0.5) is 5.82 Å². The molecule has 1 heterocycles. The molecule has 6 heteroatoms. The molecule has 0 saturated heterocycles. The van der Waals surface area contributed by atoms with Crippen LogP contribution in [0.5, 0.6) is 0 Å². The van der Waals surface area contributed by atoms with Gasteiger partial charge in [-0.3, -0.25) is 0 Å². The molecule has 1 aliphatic rings. The molecule has 1 aliphatic carbocycles. The SMILES string of the molecule is C=C(C)CCc1c(Cl)ccc(Cl)c1Cl.CC1CCC(C)CC1.Cc1nc(N(C)C)c2ccccc2n1. The van der Waals surface area contributed by atoms with Gasteiger partial charge in [0.25, 0.3) is 0 Å². The molecule has 0 amide bonds. The van der Waals surface area contributed by atoms with Gasteiger partial charge in [0, 0.05) is 24.5 Å². The van der Waals surface area contributed by atoms with Gasteiger partial charge in [0.2, 0.25) is 0 Å². The third-order valence-corrected chi connectivity index (χ3v) is 7.56. The van der Waals surface area contributed by atoms with Gasteiger partial charge in [-0.15, -0.1) is 6.58 Å². The van der Waals surface area contributed by atoms with Crippen LogP contribution in [0, 0.1) is 18.8 Å². The number of para-hydroxylation sites is 1. The molecule has 4 rings (SSSR count). The highest BCUT2D eigenvalue weighted by Gasteiger charge is 2.13. The van der Waals surface area contributed by atoms with Crippen molar-refractivity contribution in [3.05, 3.63) is 75.0 Å². The molecule has 1 saturated carbocycles. The molecular weight excluding hydrogens is 509 g/mol. The number of rotatable bonds is 4. The molecule has 0 bridgehead atoms. The van der Waals surface area contributed by atoms with Crippen molar-refractivity contribution in [1.29, 1.82) is 0 Å². The van der Waals surface area contributed by atoms with E-state index in [4.69, 9.17) is 34.8 Å². The highest BCUT2D eigenvalue weighted by molar-refractivity contribution is 6.44. The van der Waals surface area contributed by atoms with Crippen LogP contribution in [-0.4, -0.2) is 24.1 Å². The number of halogens is 3. The molecule has 0 N–H and O–H groups in total. The number of hydrogen-bond donors (Lipinski definition) is 0. The Morgan fingerprint density at radius 3 is 2.03 bits per heavy atom. The maximum atomic E-state index is 6.04. The summed E-state index contributed by atoms with van der Waals surface area (Å²) in [4.78, 5) is 10.8. The largest absolute Gasteiger partial charge is 0.362 e. The standard InChI is InChI=1S/C11H11Cl3.C11H13N3.C8H16/c1-7(2)3-4-8-9(12)5-6-10(13)11(8)14;1-8-12-10-7-5-4-6-9(10)11(13-8)14(2)3;1-7-3-5-8(2)6-4-7/h5-6H,1,3-4H2,2H3;4-7H,1-3H3;7-8H,3-6H2,1-2H3. The maximum absolute atomic E-state index is 6.04. The van der Waals surface area contributed by atoms with Crippen molar-refractivity contribution in [1.82, 2.24) is 9.97 Å².